The van der Waals surface area contributed by atoms with Gasteiger partial charge in [0.15, 0.2) is 0 Å². The molecule has 0 aromatic carbocycles. The van der Waals surface area contributed by atoms with Gasteiger partial charge in [-0.25, -0.2) is 8.78 Å². The topological polar surface area (TPSA) is 12.9 Å². The van der Waals surface area contributed by atoms with Crippen molar-refractivity contribution in [3.8, 4) is 0 Å². The molecular weight excluding hydrogens is 277 g/mol. The van der Waals surface area contributed by atoms with Gasteiger partial charge in [0.2, 0.25) is 0 Å². The molecule has 0 bridgehead atoms. The molecule has 0 saturated carbocycles. The molecule has 0 spiro atoms. The van der Waals surface area contributed by atoms with Crippen molar-refractivity contribution in [2.24, 2.45) is 5.92 Å². The highest BCUT2D eigenvalue weighted by Crippen LogP contribution is 2.32. The number of aromatic nitrogens is 1. The van der Waals surface area contributed by atoms with Crippen LogP contribution in [0.15, 0.2) is 18.3 Å². The molecule has 0 N–H and O–H groups in total. The number of pyridine rings is 1. The maximum Gasteiger partial charge on any atom is 0.417 e. The molecule has 0 amide bonds. The molecule has 1 nitrogen and oxygen atoms in total. The summed E-state index contributed by atoms with van der Waals surface area (Å²) in [4.78, 5) is 3.68. The van der Waals surface area contributed by atoms with Gasteiger partial charge in [-0.3, -0.25) is 4.98 Å². The second-order valence-electron chi connectivity index (χ2n) is 4.99. The molecule has 0 aliphatic carbocycles. The Morgan fingerprint density at radius 3 is 2.25 bits per heavy atom. The fraction of sp³-hybridized carbons (Fsp3) is 0.643. The Morgan fingerprint density at radius 1 is 1.15 bits per heavy atom. The number of hydrogen-bond acceptors (Lipinski definition) is 1. The van der Waals surface area contributed by atoms with Crippen LogP contribution in [0.5, 0.6) is 0 Å². The lowest BCUT2D eigenvalue weighted by molar-refractivity contribution is -0.137. The second-order valence-corrected chi connectivity index (χ2v) is 4.99. The summed E-state index contributed by atoms with van der Waals surface area (Å²) >= 11 is 0. The molecule has 1 rings (SSSR count). The van der Waals surface area contributed by atoms with Crippen molar-refractivity contribution in [3.05, 3.63) is 29.6 Å². The van der Waals surface area contributed by atoms with Gasteiger partial charge >= 0.3 is 6.18 Å². The Morgan fingerprint density at radius 2 is 1.80 bits per heavy atom. The summed E-state index contributed by atoms with van der Waals surface area (Å²) in [5.41, 5.74) is -0.428. The molecule has 20 heavy (non-hydrogen) atoms. The number of rotatable bonds is 6. The third-order valence-corrected chi connectivity index (χ3v) is 3.29. The molecule has 1 heterocycles. The Labute approximate surface area is 115 Å². The molecule has 0 aliphatic rings. The first-order valence-corrected chi connectivity index (χ1v) is 6.56. The lowest BCUT2D eigenvalue weighted by atomic mass is 9.94. The van der Waals surface area contributed by atoms with Crippen LogP contribution in [-0.4, -0.2) is 10.9 Å². The minimum Gasteiger partial charge on any atom is -0.261 e. The van der Waals surface area contributed by atoms with Crippen LogP contribution >= 0.6 is 0 Å². The minimum atomic E-state index is -4.42. The molecule has 1 atom stereocenters. The van der Waals surface area contributed by atoms with E-state index in [4.69, 9.17) is 0 Å². The van der Waals surface area contributed by atoms with E-state index in [0.29, 0.717) is 12.1 Å². The maximum absolute atomic E-state index is 13.6. The summed E-state index contributed by atoms with van der Waals surface area (Å²) < 4.78 is 64.1. The highest BCUT2D eigenvalue weighted by Gasteiger charge is 2.34. The first-order valence-electron chi connectivity index (χ1n) is 6.56. The van der Waals surface area contributed by atoms with E-state index in [1.54, 1.807) is 6.92 Å². The quantitative estimate of drug-likeness (QED) is 0.665. The number of aryl methyl sites for hydroxylation is 1. The lowest BCUT2D eigenvalue weighted by Gasteiger charge is -2.23. The van der Waals surface area contributed by atoms with Gasteiger partial charge in [-0.1, -0.05) is 20.3 Å². The summed E-state index contributed by atoms with van der Waals surface area (Å²) in [5, 5.41) is 0. The summed E-state index contributed by atoms with van der Waals surface area (Å²) in [5.74, 6) is -3.55. The SMILES string of the molecule is CCCC(F)(F)C(C)CCc1ccc(C(F)(F)F)cn1. The van der Waals surface area contributed by atoms with E-state index >= 15 is 0 Å². The van der Waals surface area contributed by atoms with Crippen molar-refractivity contribution in [1.82, 2.24) is 4.98 Å². The molecule has 0 radical (unpaired) electrons. The zero-order valence-corrected chi connectivity index (χ0v) is 11.5. The van der Waals surface area contributed by atoms with Gasteiger partial charge in [-0.05, 0) is 25.0 Å². The van der Waals surface area contributed by atoms with E-state index in [0.717, 1.165) is 12.3 Å². The van der Waals surface area contributed by atoms with Crippen LogP contribution in [0.2, 0.25) is 0 Å². The van der Waals surface area contributed by atoms with Crippen molar-refractivity contribution < 1.29 is 22.0 Å². The molecule has 6 heteroatoms. The van der Waals surface area contributed by atoms with Crippen LogP contribution < -0.4 is 0 Å². The largest absolute Gasteiger partial charge is 0.417 e. The average Bonchev–Trinajstić information content (AvgIpc) is 2.35. The Bertz CT molecular complexity index is 411. The Kier molecular flexibility index (Phi) is 5.48. The molecule has 1 unspecified atom stereocenters. The van der Waals surface area contributed by atoms with Crippen molar-refractivity contribution in [3.63, 3.8) is 0 Å². The summed E-state index contributed by atoms with van der Waals surface area (Å²) in [7, 11) is 0. The minimum absolute atomic E-state index is 0.172. The zero-order valence-electron chi connectivity index (χ0n) is 11.5. The molecule has 1 aromatic rings. The van der Waals surface area contributed by atoms with Crippen molar-refractivity contribution in [1.29, 1.82) is 0 Å². The van der Waals surface area contributed by atoms with Crippen molar-refractivity contribution in [2.75, 3.05) is 0 Å². The number of nitrogens with zero attached hydrogens (tertiary/aromatic N) is 1. The van der Waals surface area contributed by atoms with Crippen LogP contribution in [0.25, 0.3) is 0 Å². The summed E-state index contributed by atoms with van der Waals surface area (Å²) in [6.45, 7) is 3.15. The first kappa shape index (κ1) is 16.9. The standard InChI is InChI=1S/C14H18F5N/c1-3-8-13(15,16)10(2)4-6-12-7-5-11(9-20-12)14(17,18)19/h5,7,9-10H,3-4,6,8H2,1-2H3. The van der Waals surface area contributed by atoms with E-state index in [-0.39, 0.29) is 19.3 Å². The first-order chi connectivity index (χ1) is 9.16. The van der Waals surface area contributed by atoms with Crippen LogP contribution in [0.1, 0.15) is 44.4 Å². The fourth-order valence-corrected chi connectivity index (χ4v) is 1.90. The van der Waals surface area contributed by atoms with Crippen molar-refractivity contribution >= 4 is 0 Å². The summed E-state index contributed by atoms with van der Waals surface area (Å²) in [6.07, 6.45) is -3.01. The monoisotopic (exact) mass is 295 g/mol. The molecule has 114 valence electrons. The zero-order chi connectivity index (χ0) is 15.4. The van der Waals surface area contributed by atoms with E-state index in [9.17, 15) is 22.0 Å². The second kappa shape index (κ2) is 6.50. The van der Waals surface area contributed by atoms with Gasteiger partial charge in [-0.15, -0.1) is 0 Å². The van der Waals surface area contributed by atoms with Crippen LogP contribution in [-0.2, 0) is 12.6 Å². The van der Waals surface area contributed by atoms with E-state index in [2.05, 4.69) is 4.98 Å². The van der Waals surface area contributed by atoms with Gasteiger partial charge in [0.05, 0.1) is 5.56 Å². The third kappa shape index (κ3) is 4.72. The van der Waals surface area contributed by atoms with Crippen molar-refractivity contribution in [2.45, 2.75) is 51.6 Å². The number of alkyl halides is 5. The fourth-order valence-electron chi connectivity index (χ4n) is 1.90. The lowest BCUT2D eigenvalue weighted by Crippen LogP contribution is -2.26. The Balaban J connectivity index is 2.58. The predicted octanol–water partition coefficient (Wildman–Crippen LogP) is 5.10. The smallest absolute Gasteiger partial charge is 0.261 e. The molecule has 0 saturated heterocycles. The van der Waals surface area contributed by atoms with Crippen LogP contribution in [0.3, 0.4) is 0 Å². The maximum atomic E-state index is 13.6. The van der Waals surface area contributed by atoms with E-state index in [1.807, 2.05) is 0 Å². The Hall–Kier alpha value is -1.20. The molecule has 0 aliphatic heterocycles. The highest BCUT2D eigenvalue weighted by atomic mass is 19.4. The van der Waals surface area contributed by atoms with Gasteiger partial charge in [-0.2, -0.15) is 13.2 Å². The van der Waals surface area contributed by atoms with Gasteiger partial charge < -0.3 is 0 Å². The molecular formula is C14H18F5N. The normalized spacial score (nSPS) is 14.3. The molecule has 1 aromatic heterocycles. The van der Waals surface area contributed by atoms with Crippen LogP contribution in [0.4, 0.5) is 22.0 Å². The van der Waals surface area contributed by atoms with Gasteiger partial charge in [0.25, 0.3) is 5.92 Å². The van der Waals surface area contributed by atoms with Gasteiger partial charge in [0.1, 0.15) is 0 Å². The number of hydrogen-bond donors (Lipinski definition) is 0. The third-order valence-electron chi connectivity index (χ3n) is 3.29. The average molecular weight is 295 g/mol. The van der Waals surface area contributed by atoms with E-state index < -0.39 is 23.6 Å². The van der Waals surface area contributed by atoms with Crippen LogP contribution in [0, 0.1) is 5.92 Å². The van der Waals surface area contributed by atoms with Gasteiger partial charge in [0, 0.05) is 24.2 Å². The highest BCUT2D eigenvalue weighted by molar-refractivity contribution is 5.17. The predicted molar refractivity (Wildman–Crippen MR) is 66.6 cm³/mol. The molecule has 0 fully saturated rings. The van der Waals surface area contributed by atoms with E-state index in [1.165, 1.54) is 13.0 Å². The summed E-state index contributed by atoms with van der Waals surface area (Å²) in [6, 6.07) is 2.17. The number of halogens is 5.